The molecule has 3 heterocycles. The number of aliphatic hydroxyl groups excluding tert-OH is 12. The van der Waals surface area contributed by atoms with Crippen LogP contribution in [0, 0.1) is 47.4 Å². The SMILES string of the molecule is CCCC(C)(C[Se]N(CC)c1ccc([N+](=O)[O-])c([Se][Se]c2cc(N(CC)[Se]CC(C)(CCN(CC)CC)ONC3C(O)C(O)C(CO)O[C@@H]3O)ccc2[N+](=O)[O-])c1)ONC1C(O)C(O)C(CO)O[C@@H]1O.CCN(CC)CCC(C)(C[SeH])ONC1C(O)C(O)C(CO)O[C@@H]1O.CCN(CC)c1ccc([N+](=O)[O-])c([Se][Se]c2cc(C)ccc2[N+](=O)[O-])c1. The maximum atomic E-state index is 12.4. The molecule has 45 heteroatoms. The number of hydroxylamine groups is 3. The van der Waals surface area contributed by atoms with Gasteiger partial charge in [-0.15, -0.1) is 0 Å². The topological polar surface area (TPSA) is 523 Å². The molecule has 18 atom stereocenters. The number of nitro groups is 4. The number of nitrogens with zero attached hydrogens (tertiary/aromatic N) is 9. The molecule has 0 aliphatic carbocycles. The molecule has 4 aromatic carbocycles. The van der Waals surface area contributed by atoms with Crippen molar-refractivity contribution in [3.8, 4) is 0 Å². The van der Waals surface area contributed by atoms with Gasteiger partial charge in [-0.2, -0.15) is 0 Å². The first-order chi connectivity index (χ1) is 56.9. The molecule has 3 aliphatic rings. The zero-order chi connectivity index (χ0) is 89.5. The van der Waals surface area contributed by atoms with E-state index in [0.717, 1.165) is 81.3 Å². The maximum absolute atomic E-state index is 12.4. The van der Waals surface area contributed by atoms with Crippen LogP contribution in [0.4, 0.5) is 39.8 Å². The van der Waals surface area contributed by atoms with Crippen molar-refractivity contribution in [3.63, 3.8) is 0 Å². The summed E-state index contributed by atoms with van der Waals surface area (Å²) in [5, 5.41) is 171. The van der Waals surface area contributed by atoms with Crippen molar-refractivity contribution in [2.75, 3.05) is 98.0 Å². The first-order valence-electron chi connectivity index (χ1n) is 39.5. The fourth-order valence-electron chi connectivity index (χ4n) is 12.6. The zero-order valence-electron chi connectivity index (χ0n) is 69.7. The summed E-state index contributed by atoms with van der Waals surface area (Å²) in [5.41, 5.74) is 9.35. The van der Waals surface area contributed by atoms with Gasteiger partial charge >= 0.3 is 750 Å². The number of aryl methyl sites for hydroxylation is 1. The molecule has 3 fully saturated rings. The molecule has 680 valence electrons. The molecular weight excluding hydrogens is 2040 g/mol. The van der Waals surface area contributed by atoms with Gasteiger partial charge in [-0.3, -0.25) is 0 Å². The fourth-order valence-corrected chi connectivity index (χ4v) is 31.5. The first kappa shape index (κ1) is 107. The number of hydrogen-bond acceptors (Lipinski definition) is 34. The Bertz CT molecular complexity index is 3800. The molecule has 3 aliphatic heterocycles. The molecule has 0 bridgehead atoms. The van der Waals surface area contributed by atoms with Crippen LogP contribution in [0.3, 0.4) is 0 Å². The summed E-state index contributed by atoms with van der Waals surface area (Å²) in [6.45, 7) is 32.0. The molecule has 0 spiro atoms. The molecule has 120 heavy (non-hydrogen) atoms. The molecular formula is C75H122N12O26Se7. The average Bonchev–Trinajstić information content (AvgIpc) is 0.806. The van der Waals surface area contributed by atoms with Gasteiger partial charge in [0.1, 0.15) is 0 Å². The Morgan fingerprint density at radius 2 is 0.725 bits per heavy atom. The number of benzene rings is 4. The van der Waals surface area contributed by atoms with Crippen LogP contribution in [0.15, 0.2) is 72.8 Å². The number of aliphatic hydroxyl groups is 12. The fraction of sp³-hybridized carbons (Fsp3) is 0.680. The summed E-state index contributed by atoms with van der Waals surface area (Å²) in [6.07, 6.45) is -13.8. The predicted octanol–water partition coefficient (Wildman–Crippen LogP) is -1.75. The third kappa shape index (κ3) is 31.2. The van der Waals surface area contributed by atoms with Crippen LogP contribution in [-0.2, 0) is 28.7 Å². The number of rotatable bonds is 48. The van der Waals surface area contributed by atoms with Crippen LogP contribution in [0.1, 0.15) is 114 Å². The predicted molar refractivity (Wildman–Crippen MR) is 460 cm³/mol. The van der Waals surface area contributed by atoms with Crippen LogP contribution in [-0.4, -0.2) is 384 Å². The van der Waals surface area contributed by atoms with Gasteiger partial charge in [-0.1, -0.05) is 0 Å². The van der Waals surface area contributed by atoms with Crippen molar-refractivity contribution in [3.05, 3.63) is 119 Å². The van der Waals surface area contributed by atoms with E-state index in [2.05, 4.69) is 82.7 Å². The monoisotopic (exact) mass is 2170 g/mol. The van der Waals surface area contributed by atoms with Crippen LogP contribution < -0.4 is 47.0 Å². The number of ether oxygens (including phenoxy) is 3. The van der Waals surface area contributed by atoms with E-state index in [1.807, 2.05) is 74.4 Å². The molecule has 0 aromatic heterocycles. The Balaban J connectivity index is 0.000000413. The van der Waals surface area contributed by atoms with E-state index in [1.165, 1.54) is 18.2 Å². The summed E-state index contributed by atoms with van der Waals surface area (Å²) >= 11 is 0.308. The van der Waals surface area contributed by atoms with Crippen LogP contribution in [0.25, 0.3) is 0 Å². The molecule has 7 rings (SSSR count). The van der Waals surface area contributed by atoms with Crippen molar-refractivity contribution >= 4 is 157 Å². The number of hydrogen-bond donors (Lipinski definition) is 15. The Morgan fingerprint density at radius 3 is 1.02 bits per heavy atom. The second-order valence-electron chi connectivity index (χ2n) is 29.1. The number of nitrogens with one attached hydrogen (secondary N) is 3. The molecule has 4 aromatic rings. The third-order valence-corrected chi connectivity index (χ3v) is 42.4. The second-order valence-corrected chi connectivity index (χ2v) is 46.3. The van der Waals surface area contributed by atoms with Gasteiger partial charge in [-0.05, 0) is 0 Å². The van der Waals surface area contributed by atoms with E-state index >= 15 is 0 Å². The Morgan fingerprint density at radius 1 is 0.425 bits per heavy atom. The van der Waals surface area contributed by atoms with Gasteiger partial charge in [-0.25, -0.2) is 0 Å². The van der Waals surface area contributed by atoms with Gasteiger partial charge in [0, 0.05) is 0 Å². The molecule has 0 amide bonds. The van der Waals surface area contributed by atoms with Crippen LogP contribution in [0.2, 0.25) is 16.0 Å². The minimum atomic E-state index is -1.58. The van der Waals surface area contributed by atoms with Gasteiger partial charge in [0.15, 0.2) is 0 Å². The summed E-state index contributed by atoms with van der Waals surface area (Å²) in [5.74, 6) is 0. The van der Waals surface area contributed by atoms with E-state index in [1.54, 1.807) is 42.5 Å². The van der Waals surface area contributed by atoms with Crippen molar-refractivity contribution in [2.24, 2.45) is 0 Å². The average molecular weight is 2160 g/mol. The second kappa shape index (κ2) is 52.8. The Labute approximate surface area is 743 Å². The molecule has 0 saturated carbocycles. The van der Waals surface area contributed by atoms with Crippen molar-refractivity contribution < 1.29 is 110 Å². The molecule has 15 unspecified atom stereocenters. The van der Waals surface area contributed by atoms with Gasteiger partial charge in [0.2, 0.25) is 0 Å². The third-order valence-electron chi connectivity index (χ3n) is 20.3. The number of anilines is 3. The molecule has 3 saturated heterocycles. The van der Waals surface area contributed by atoms with E-state index in [0.29, 0.717) is 66.3 Å². The van der Waals surface area contributed by atoms with Gasteiger partial charge in [0.05, 0.1) is 0 Å². The van der Waals surface area contributed by atoms with Crippen LogP contribution in [0.5, 0.6) is 0 Å². The molecule has 38 nitrogen and oxygen atoms in total. The van der Waals surface area contributed by atoms with Gasteiger partial charge < -0.3 is 0 Å². The standard InChI is InChI=1S/C43H71N7O16Se4.C17H19N3O4Se2.C15H32N2O6Se/c1-8-17-42(6,65-44-34-38(55)36(53)30(22-51)63-40(34)57)24-67-47(11-4)26-13-15-28(49(59)60)32(20-26)69-70-33-21-27(14-16-29(33)50(61)62)48(12-5)68-25-43(7,18-19-46(9-2)10-3)66-45-35-39(56)37(54)31(23-52)64-41(35)58;1-4-18(5-2)13-7-9-15(20(23)24)17(11-13)26-25-16-10-12(3)6-8-14(16)19(21)22;1-4-17(5-2)7-6-15(3,9-24)23-16-11-13(20)12(19)10(8-18)22-14(11)21/h13-16,20-21,30-31,34-41,44-45,51-58H,8-12,17-19,22-25H2,1-7H3;6-11H,4-5H2,1-3H3;10-14,16,18-21,24H,4-9H2,1-3H3/t30?,31?,34?,35?,36?,37?,38?,39?,40-,41-,42?,43?;;10?,11?,12?,13?,14-,15?/m0.0/s1. The van der Waals surface area contributed by atoms with Crippen molar-refractivity contribution in [1.29, 1.82) is 0 Å². The van der Waals surface area contributed by atoms with E-state index in [9.17, 15) is 96.6 Å². The number of nitro benzene ring substituents is 4. The molecule has 0 radical (unpaired) electrons. The minimum absolute atomic E-state index is 0.0764. The van der Waals surface area contributed by atoms with Crippen molar-refractivity contribution in [2.45, 2.75) is 240 Å². The van der Waals surface area contributed by atoms with E-state index < -0.39 is 165 Å². The van der Waals surface area contributed by atoms with Crippen molar-refractivity contribution in [1.82, 2.24) is 26.2 Å². The summed E-state index contributed by atoms with van der Waals surface area (Å²) in [6, 6.07) is 16.7. The molecule has 15 N–H and O–H groups in total. The van der Waals surface area contributed by atoms with Crippen LogP contribution >= 0.6 is 0 Å². The quantitative estimate of drug-likeness (QED) is 0.0132. The first-order valence-corrected chi connectivity index (χ1v) is 56.9. The Kier molecular flexibility index (Phi) is 47.1. The summed E-state index contributed by atoms with van der Waals surface area (Å²) in [4.78, 5) is 70.6. The zero-order valence-corrected chi connectivity index (χ0v) is 81.9. The van der Waals surface area contributed by atoms with E-state index in [-0.39, 0.29) is 89.2 Å². The Hall–Kier alpha value is -3.40. The van der Waals surface area contributed by atoms with E-state index in [4.69, 9.17) is 33.8 Å². The summed E-state index contributed by atoms with van der Waals surface area (Å²) < 4.78 is 22.3. The normalized spacial score (nSPS) is 24.6. The van der Waals surface area contributed by atoms with Gasteiger partial charge in [0.25, 0.3) is 0 Å². The summed E-state index contributed by atoms with van der Waals surface area (Å²) in [7, 11) is 0.